The number of phenolic OH excluding ortho intramolecular Hbond substituents is 2. The van der Waals surface area contributed by atoms with Crippen molar-refractivity contribution in [2.24, 2.45) is 11.8 Å². The number of hydrogen-bond donors (Lipinski definition) is 6. The summed E-state index contributed by atoms with van der Waals surface area (Å²) in [6.07, 6.45) is 11.2. The first-order valence-corrected chi connectivity index (χ1v) is 17.0. The zero-order valence-electron chi connectivity index (χ0n) is 28.0. The monoisotopic (exact) mass is 638 g/mol. The summed E-state index contributed by atoms with van der Waals surface area (Å²) in [7, 11) is 0. The number of hydrazine groups is 2. The average Bonchev–Trinajstić information content (AvgIpc) is 3.04. The summed E-state index contributed by atoms with van der Waals surface area (Å²) in [6, 6.07) is 9.82. The van der Waals surface area contributed by atoms with Crippen LogP contribution in [0.25, 0.3) is 0 Å². The van der Waals surface area contributed by atoms with Crippen LogP contribution in [0.4, 0.5) is 0 Å². The SMILES string of the molecule is CCCCCCC(C(=O)NNC(=O)c1c(O)cccc1CCCCC)C(CC)C(=O)NNC(=O)c1c(O)cccc1CCCCC. The molecular formula is C36H54N4O6. The molecule has 2 aromatic carbocycles. The number of carbonyl (C=O) groups excluding carboxylic acids is 4. The van der Waals surface area contributed by atoms with Crippen LogP contribution in [0.5, 0.6) is 11.5 Å². The largest absolute Gasteiger partial charge is 0.507 e. The molecule has 0 spiro atoms. The second kappa shape index (κ2) is 20.9. The minimum Gasteiger partial charge on any atom is -0.507 e. The third kappa shape index (κ3) is 11.7. The van der Waals surface area contributed by atoms with Crippen LogP contribution in [-0.4, -0.2) is 33.8 Å². The quantitative estimate of drug-likeness (QED) is 0.0773. The summed E-state index contributed by atoms with van der Waals surface area (Å²) in [5.41, 5.74) is 11.5. The Morgan fingerprint density at radius 3 is 1.43 bits per heavy atom. The van der Waals surface area contributed by atoms with E-state index in [1.807, 2.05) is 0 Å². The van der Waals surface area contributed by atoms with Gasteiger partial charge in [0.05, 0.1) is 23.0 Å². The standard InChI is InChI=1S/C36H54N4O6/c1-5-9-12-15-22-28(34(44)38-40-36(46)32-26(19-14-11-7-3)21-17-24-30(32)42)27(8-4)33(43)37-39-35(45)31-25(18-13-10-6-2)20-16-23-29(31)41/h16-17,20-21,23-24,27-28,41-42H,5-15,18-19,22H2,1-4H3,(H,37,43)(H,38,44)(H,39,45)(H,40,46). The fourth-order valence-corrected chi connectivity index (χ4v) is 5.75. The molecule has 4 amide bonds. The van der Waals surface area contributed by atoms with Gasteiger partial charge in [-0.15, -0.1) is 0 Å². The molecule has 46 heavy (non-hydrogen) atoms. The van der Waals surface area contributed by atoms with Crippen LogP contribution in [0.1, 0.15) is 137 Å². The molecule has 10 nitrogen and oxygen atoms in total. The summed E-state index contributed by atoms with van der Waals surface area (Å²) in [4.78, 5) is 53.2. The van der Waals surface area contributed by atoms with Gasteiger partial charge in [-0.05, 0) is 61.8 Å². The second-order valence-electron chi connectivity index (χ2n) is 11.9. The van der Waals surface area contributed by atoms with E-state index in [1.54, 1.807) is 31.2 Å². The first kappa shape index (κ1) is 38.1. The molecule has 0 aliphatic heterocycles. The lowest BCUT2D eigenvalue weighted by Gasteiger charge is -2.25. The molecule has 0 aliphatic rings. The van der Waals surface area contributed by atoms with Crippen molar-refractivity contribution in [3.8, 4) is 11.5 Å². The fourth-order valence-electron chi connectivity index (χ4n) is 5.75. The lowest BCUT2D eigenvalue weighted by molar-refractivity contribution is -0.136. The molecule has 10 heteroatoms. The molecule has 6 N–H and O–H groups in total. The number of benzene rings is 2. The average molecular weight is 639 g/mol. The number of amides is 4. The molecule has 0 aliphatic carbocycles. The van der Waals surface area contributed by atoms with Gasteiger partial charge >= 0.3 is 0 Å². The van der Waals surface area contributed by atoms with E-state index in [9.17, 15) is 29.4 Å². The topological polar surface area (TPSA) is 157 Å². The molecule has 2 atom stereocenters. The summed E-state index contributed by atoms with van der Waals surface area (Å²) in [6.45, 7) is 8.04. The lowest BCUT2D eigenvalue weighted by atomic mass is 9.84. The van der Waals surface area contributed by atoms with Crippen molar-refractivity contribution < 1.29 is 29.4 Å². The molecule has 0 heterocycles. The first-order valence-electron chi connectivity index (χ1n) is 17.0. The Bertz CT molecular complexity index is 1280. The first-order chi connectivity index (χ1) is 22.2. The fraction of sp³-hybridized carbons (Fsp3) is 0.556. The highest BCUT2D eigenvalue weighted by Gasteiger charge is 2.33. The Labute approximate surface area is 274 Å². The van der Waals surface area contributed by atoms with Crippen molar-refractivity contribution in [1.82, 2.24) is 21.7 Å². The summed E-state index contributed by atoms with van der Waals surface area (Å²) in [5.74, 6) is -4.28. The summed E-state index contributed by atoms with van der Waals surface area (Å²) >= 11 is 0. The second-order valence-corrected chi connectivity index (χ2v) is 11.9. The molecule has 254 valence electrons. The van der Waals surface area contributed by atoms with Crippen molar-refractivity contribution in [2.45, 2.75) is 118 Å². The van der Waals surface area contributed by atoms with Crippen LogP contribution < -0.4 is 21.7 Å². The predicted molar refractivity (Wildman–Crippen MR) is 180 cm³/mol. The van der Waals surface area contributed by atoms with E-state index in [-0.39, 0.29) is 22.6 Å². The van der Waals surface area contributed by atoms with Gasteiger partial charge in [-0.25, -0.2) is 0 Å². The maximum Gasteiger partial charge on any atom is 0.273 e. The van der Waals surface area contributed by atoms with Crippen LogP contribution in [0.15, 0.2) is 36.4 Å². The van der Waals surface area contributed by atoms with Crippen molar-refractivity contribution in [2.75, 3.05) is 0 Å². The molecular weight excluding hydrogens is 584 g/mol. The number of carbonyl (C=O) groups is 4. The molecule has 0 fully saturated rings. The third-order valence-electron chi connectivity index (χ3n) is 8.38. The number of unbranched alkanes of at least 4 members (excludes halogenated alkanes) is 7. The number of aryl methyl sites for hydroxylation is 2. The van der Waals surface area contributed by atoms with Gasteiger partial charge in [0.2, 0.25) is 11.8 Å². The number of nitrogens with one attached hydrogen (secondary N) is 4. The highest BCUT2D eigenvalue weighted by atomic mass is 16.3. The van der Waals surface area contributed by atoms with E-state index >= 15 is 0 Å². The zero-order chi connectivity index (χ0) is 33.9. The Morgan fingerprint density at radius 2 is 1.00 bits per heavy atom. The normalized spacial score (nSPS) is 12.2. The molecule has 2 unspecified atom stereocenters. The van der Waals surface area contributed by atoms with E-state index < -0.39 is 35.5 Å². The van der Waals surface area contributed by atoms with Crippen LogP contribution in [0.3, 0.4) is 0 Å². The van der Waals surface area contributed by atoms with E-state index in [2.05, 4.69) is 42.5 Å². The number of aromatic hydroxyl groups is 2. The number of rotatable bonds is 19. The Morgan fingerprint density at radius 1 is 0.565 bits per heavy atom. The van der Waals surface area contributed by atoms with Crippen LogP contribution in [0.2, 0.25) is 0 Å². The van der Waals surface area contributed by atoms with Gasteiger partial charge in [0.15, 0.2) is 0 Å². The molecule has 0 radical (unpaired) electrons. The van der Waals surface area contributed by atoms with Crippen molar-refractivity contribution in [3.63, 3.8) is 0 Å². The van der Waals surface area contributed by atoms with Crippen molar-refractivity contribution >= 4 is 23.6 Å². The summed E-state index contributed by atoms with van der Waals surface area (Å²) in [5, 5.41) is 20.9. The molecule has 0 saturated carbocycles. The molecule has 0 bridgehead atoms. The predicted octanol–water partition coefficient (Wildman–Crippen LogP) is 6.40. The van der Waals surface area contributed by atoms with Gasteiger partial charge < -0.3 is 10.2 Å². The Balaban J connectivity index is 2.16. The van der Waals surface area contributed by atoms with Crippen LogP contribution >= 0.6 is 0 Å². The number of phenols is 2. The zero-order valence-corrected chi connectivity index (χ0v) is 28.0. The smallest absolute Gasteiger partial charge is 0.273 e. The van der Waals surface area contributed by atoms with Gasteiger partial charge in [0.25, 0.3) is 11.8 Å². The van der Waals surface area contributed by atoms with E-state index in [1.165, 1.54) is 12.1 Å². The van der Waals surface area contributed by atoms with E-state index in [4.69, 9.17) is 0 Å². The number of hydrogen-bond acceptors (Lipinski definition) is 6. The molecule has 2 rings (SSSR count). The maximum absolute atomic E-state index is 13.5. The van der Waals surface area contributed by atoms with Crippen LogP contribution in [-0.2, 0) is 22.4 Å². The van der Waals surface area contributed by atoms with Crippen LogP contribution in [0, 0.1) is 11.8 Å². The van der Waals surface area contributed by atoms with E-state index in [0.29, 0.717) is 43.2 Å². The minimum absolute atomic E-state index is 0.113. The van der Waals surface area contributed by atoms with Gasteiger partial charge in [0.1, 0.15) is 11.5 Å². The molecule has 0 saturated heterocycles. The van der Waals surface area contributed by atoms with Crippen molar-refractivity contribution in [1.29, 1.82) is 0 Å². The van der Waals surface area contributed by atoms with Gasteiger partial charge in [-0.3, -0.25) is 40.9 Å². The van der Waals surface area contributed by atoms with Gasteiger partial charge in [0, 0.05) is 0 Å². The summed E-state index contributed by atoms with van der Waals surface area (Å²) < 4.78 is 0. The van der Waals surface area contributed by atoms with Crippen molar-refractivity contribution in [3.05, 3.63) is 58.7 Å². The Hall–Kier alpha value is -4.08. The molecule has 2 aromatic rings. The highest BCUT2D eigenvalue weighted by Crippen LogP contribution is 2.26. The van der Waals surface area contributed by atoms with Gasteiger partial charge in [-0.1, -0.05) is 103 Å². The Kier molecular flexibility index (Phi) is 17.3. The van der Waals surface area contributed by atoms with Gasteiger partial charge in [-0.2, -0.15) is 0 Å². The highest BCUT2D eigenvalue weighted by molar-refractivity contribution is 6.00. The minimum atomic E-state index is -0.804. The maximum atomic E-state index is 13.5. The van der Waals surface area contributed by atoms with E-state index in [0.717, 1.165) is 57.8 Å². The third-order valence-corrected chi connectivity index (χ3v) is 8.38. The lowest BCUT2D eigenvalue weighted by Crippen LogP contribution is -2.51. The molecule has 0 aromatic heterocycles.